The monoisotopic (exact) mass is 364 g/mol. The molecule has 0 bridgehead atoms. The second-order valence-corrected chi connectivity index (χ2v) is 8.22. The van der Waals surface area contributed by atoms with Gasteiger partial charge in [-0.25, -0.2) is 0 Å². The van der Waals surface area contributed by atoms with Crippen molar-refractivity contribution in [1.29, 1.82) is 0 Å². The van der Waals surface area contributed by atoms with Crippen molar-refractivity contribution in [2.24, 2.45) is 0 Å². The fraction of sp³-hybridized carbons (Fsp3) is 0.391. The van der Waals surface area contributed by atoms with Gasteiger partial charge in [-0.1, -0.05) is 63.2 Å². The summed E-state index contributed by atoms with van der Waals surface area (Å²) in [6, 6.07) is 15.8. The minimum absolute atomic E-state index is 0.0115. The van der Waals surface area contributed by atoms with E-state index in [0.29, 0.717) is 6.54 Å². The van der Waals surface area contributed by atoms with Crippen LogP contribution in [-0.4, -0.2) is 23.3 Å². The fourth-order valence-corrected chi connectivity index (χ4v) is 3.87. The number of para-hydroxylation sites is 1. The van der Waals surface area contributed by atoms with Crippen molar-refractivity contribution < 1.29 is 9.59 Å². The van der Waals surface area contributed by atoms with Crippen molar-refractivity contribution in [3.05, 3.63) is 65.2 Å². The molecule has 3 rings (SSSR count). The Balaban J connectivity index is 1.84. The Morgan fingerprint density at radius 2 is 1.74 bits per heavy atom. The van der Waals surface area contributed by atoms with Gasteiger partial charge < -0.3 is 10.2 Å². The number of anilines is 1. The lowest BCUT2D eigenvalue weighted by atomic mass is 9.85. The van der Waals surface area contributed by atoms with Crippen LogP contribution in [0.4, 0.5) is 5.69 Å². The Bertz CT molecular complexity index is 851. The first kappa shape index (κ1) is 19.2. The minimum Gasteiger partial charge on any atom is -0.335 e. The summed E-state index contributed by atoms with van der Waals surface area (Å²) in [6.45, 7) is 8.63. The van der Waals surface area contributed by atoms with Gasteiger partial charge in [0.25, 0.3) is 0 Å². The first-order valence-corrected chi connectivity index (χ1v) is 9.52. The van der Waals surface area contributed by atoms with E-state index in [-0.39, 0.29) is 29.7 Å². The molecule has 0 saturated carbocycles. The summed E-state index contributed by atoms with van der Waals surface area (Å²) in [4.78, 5) is 26.8. The molecule has 2 amide bonds. The number of hydrogen-bond donors (Lipinski definition) is 1. The van der Waals surface area contributed by atoms with E-state index in [1.54, 1.807) is 6.92 Å². The highest BCUT2D eigenvalue weighted by atomic mass is 16.2. The molecule has 2 aromatic rings. The maximum absolute atomic E-state index is 12.9. The van der Waals surface area contributed by atoms with Gasteiger partial charge in [-0.2, -0.15) is 0 Å². The molecule has 1 N–H and O–H groups in total. The third-order valence-corrected chi connectivity index (χ3v) is 5.20. The number of amides is 2. The van der Waals surface area contributed by atoms with Crippen molar-refractivity contribution in [1.82, 2.24) is 4.90 Å². The number of benzene rings is 2. The molecule has 0 aliphatic carbocycles. The molecular weight excluding hydrogens is 336 g/mol. The van der Waals surface area contributed by atoms with Crippen molar-refractivity contribution >= 4 is 17.5 Å². The van der Waals surface area contributed by atoms with E-state index in [9.17, 15) is 9.59 Å². The standard InChI is InChI=1S/C23H28N2O2/c1-16(26)25-14-13-17-9-5-6-10-18(17)21(25)15-22(27)24-20-12-8-7-11-19(20)23(2,3)4/h5-12,21H,13-15H2,1-4H3,(H,24,27). The Kier molecular flexibility index (Phi) is 5.36. The molecule has 1 unspecified atom stereocenters. The molecule has 2 aromatic carbocycles. The zero-order valence-electron chi connectivity index (χ0n) is 16.6. The lowest BCUT2D eigenvalue weighted by molar-refractivity contribution is -0.132. The Morgan fingerprint density at radius 1 is 1.07 bits per heavy atom. The molecule has 1 aliphatic heterocycles. The molecule has 0 radical (unpaired) electrons. The van der Waals surface area contributed by atoms with Crippen LogP contribution in [0.3, 0.4) is 0 Å². The van der Waals surface area contributed by atoms with E-state index in [1.807, 2.05) is 47.4 Å². The summed E-state index contributed by atoms with van der Waals surface area (Å²) in [5.74, 6) is -0.0583. The third-order valence-electron chi connectivity index (χ3n) is 5.20. The minimum atomic E-state index is -0.214. The summed E-state index contributed by atoms with van der Waals surface area (Å²) in [5.41, 5.74) is 4.19. The number of carbonyl (C=O) groups is 2. The van der Waals surface area contributed by atoms with Crippen LogP contribution in [0.2, 0.25) is 0 Å². The van der Waals surface area contributed by atoms with Crippen molar-refractivity contribution in [3.8, 4) is 0 Å². The van der Waals surface area contributed by atoms with Gasteiger partial charge in [-0.15, -0.1) is 0 Å². The summed E-state index contributed by atoms with van der Waals surface area (Å²) >= 11 is 0. The highest BCUT2D eigenvalue weighted by Gasteiger charge is 2.31. The van der Waals surface area contributed by atoms with Gasteiger partial charge in [0.2, 0.25) is 11.8 Å². The van der Waals surface area contributed by atoms with E-state index in [2.05, 4.69) is 32.2 Å². The molecule has 0 aromatic heterocycles. The average molecular weight is 364 g/mol. The molecule has 1 aliphatic rings. The van der Waals surface area contributed by atoms with Gasteiger partial charge >= 0.3 is 0 Å². The second-order valence-electron chi connectivity index (χ2n) is 8.22. The molecule has 4 nitrogen and oxygen atoms in total. The van der Waals surface area contributed by atoms with Gasteiger partial charge in [0, 0.05) is 19.2 Å². The smallest absolute Gasteiger partial charge is 0.226 e. The van der Waals surface area contributed by atoms with Gasteiger partial charge in [-0.3, -0.25) is 9.59 Å². The summed E-state index contributed by atoms with van der Waals surface area (Å²) in [7, 11) is 0. The van der Waals surface area contributed by atoms with Crippen LogP contribution in [-0.2, 0) is 21.4 Å². The number of carbonyl (C=O) groups excluding carboxylic acids is 2. The van der Waals surface area contributed by atoms with Crippen LogP contribution >= 0.6 is 0 Å². The average Bonchev–Trinajstić information content (AvgIpc) is 2.61. The zero-order chi connectivity index (χ0) is 19.6. The van der Waals surface area contributed by atoms with Crippen molar-refractivity contribution in [2.45, 2.75) is 52.0 Å². The molecule has 1 heterocycles. The van der Waals surface area contributed by atoms with E-state index >= 15 is 0 Å². The second kappa shape index (κ2) is 7.55. The van der Waals surface area contributed by atoms with Gasteiger partial charge in [0.15, 0.2) is 0 Å². The number of rotatable bonds is 3. The maximum Gasteiger partial charge on any atom is 0.226 e. The number of fused-ring (bicyclic) bond motifs is 1. The molecule has 142 valence electrons. The predicted molar refractivity (Wildman–Crippen MR) is 109 cm³/mol. The topological polar surface area (TPSA) is 49.4 Å². The number of hydrogen-bond acceptors (Lipinski definition) is 2. The van der Waals surface area contributed by atoms with Gasteiger partial charge in [0.1, 0.15) is 0 Å². The van der Waals surface area contributed by atoms with Crippen LogP contribution < -0.4 is 5.32 Å². The quantitative estimate of drug-likeness (QED) is 0.874. The molecule has 1 atom stereocenters. The lowest BCUT2D eigenvalue weighted by Gasteiger charge is -2.36. The maximum atomic E-state index is 12.9. The van der Waals surface area contributed by atoms with Crippen LogP contribution in [0.5, 0.6) is 0 Å². The number of nitrogens with zero attached hydrogens (tertiary/aromatic N) is 1. The lowest BCUT2D eigenvalue weighted by Crippen LogP contribution is -2.40. The van der Waals surface area contributed by atoms with Crippen LogP contribution in [0, 0.1) is 0 Å². The van der Waals surface area contributed by atoms with Crippen molar-refractivity contribution in [2.75, 3.05) is 11.9 Å². The molecule has 4 heteroatoms. The highest BCUT2D eigenvalue weighted by Crippen LogP contribution is 2.34. The molecule has 0 fully saturated rings. The van der Waals surface area contributed by atoms with Crippen molar-refractivity contribution in [3.63, 3.8) is 0 Å². The van der Waals surface area contributed by atoms with Crippen LogP contribution in [0.25, 0.3) is 0 Å². The summed E-state index contributed by atoms with van der Waals surface area (Å²) in [5, 5.41) is 3.08. The van der Waals surface area contributed by atoms with Gasteiger partial charge in [0.05, 0.1) is 12.5 Å². The number of nitrogens with one attached hydrogen (secondary N) is 1. The Hall–Kier alpha value is -2.62. The normalized spacial score (nSPS) is 16.6. The molecule has 0 spiro atoms. The zero-order valence-corrected chi connectivity index (χ0v) is 16.6. The van der Waals surface area contributed by atoms with Gasteiger partial charge in [-0.05, 0) is 34.6 Å². The van der Waals surface area contributed by atoms with E-state index in [0.717, 1.165) is 23.2 Å². The van der Waals surface area contributed by atoms with Crippen LogP contribution in [0.1, 0.15) is 56.8 Å². The summed E-state index contributed by atoms with van der Waals surface area (Å²) in [6.07, 6.45) is 1.09. The first-order valence-electron chi connectivity index (χ1n) is 9.52. The predicted octanol–water partition coefficient (Wildman–Crippen LogP) is 4.46. The highest BCUT2D eigenvalue weighted by molar-refractivity contribution is 5.92. The van der Waals surface area contributed by atoms with E-state index < -0.39 is 0 Å². The molecular formula is C23H28N2O2. The first-order chi connectivity index (χ1) is 12.8. The Labute approximate surface area is 161 Å². The molecule has 0 saturated heterocycles. The van der Waals surface area contributed by atoms with E-state index in [1.165, 1.54) is 5.56 Å². The fourth-order valence-electron chi connectivity index (χ4n) is 3.87. The van der Waals surface area contributed by atoms with E-state index in [4.69, 9.17) is 0 Å². The third kappa shape index (κ3) is 4.21. The SMILES string of the molecule is CC(=O)N1CCc2ccccc2C1CC(=O)Nc1ccccc1C(C)(C)C. The van der Waals surface area contributed by atoms with Crippen LogP contribution in [0.15, 0.2) is 48.5 Å². The molecule has 27 heavy (non-hydrogen) atoms. The summed E-state index contributed by atoms with van der Waals surface area (Å²) < 4.78 is 0. The largest absolute Gasteiger partial charge is 0.335 e. The Morgan fingerprint density at radius 3 is 2.44 bits per heavy atom.